The van der Waals surface area contributed by atoms with E-state index in [4.69, 9.17) is 24.4 Å². The number of nitrogens with zero attached hydrogens (tertiary/aromatic N) is 8. The fourth-order valence-electron chi connectivity index (χ4n) is 19.5. The Morgan fingerprint density at radius 2 is 0.607 bits per heavy atom. The van der Waals surface area contributed by atoms with Gasteiger partial charge in [-0.25, -0.2) is 15.0 Å². The number of rotatable bonds is 8. The normalized spacial score (nSPS) is 12.1. The third-order valence-corrected chi connectivity index (χ3v) is 26.2. The Bertz CT molecular complexity index is 9100. The van der Waals surface area contributed by atoms with E-state index in [2.05, 4.69) is 419 Å². The highest BCUT2D eigenvalue weighted by molar-refractivity contribution is 7.25. The average Bonchev–Trinajstić information content (AvgIpc) is 1.57. The zero-order valence-corrected chi connectivity index (χ0v) is 66.3. The van der Waals surface area contributed by atoms with Gasteiger partial charge < -0.3 is 13.6 Å². The van der Waals surface area contributed by atoms with Gasteiger partial charge in [-0.3, -0.25) is 9.13 Å². The molecule has 0 atom stereocenters. The SMILES string of the molecule is c1ccc(-c2ccc3sc4nc(-n5c6cc7ccccc7cc6c6c7ccccc7ccc65)c(-c5ccc6c(c5)c5ccccc5n6-c5ccccc5)nc4c3c2)cc1.c1ccc(-n2c3ccccc3c3cc(-c4nc5c(nc4-n4c6cc7ccccc7cc6c6c7ccccc7ccc64)oc4ccc(-c6ccc7ccccc7c6)cc45)ccc32)cc1. The molecular formula is C112H66N8OS. The molecule has 9 nitrogen and oxygen atoms in total. The maximum atomic E-state index is 6.70. The van der Waals surface area contributed by atoms with Gasteiger partial charge in [-0.1, -0.05) is 273 Å². The molecule has 122 heavy (non-hydrogen) atoms. The van der Waals surface area contributed by atoms with E-state index >= 15 is 0 Å². The van der Waals surface area contributed by atoms with Gasteiger partial charge in [0.15, 0.2) is 11.6 Å². The highest BCUT2D eigenvalue weighted by Gasteiger charge is 2.28. The van der Waals surface area contributed by atoms with Gasteiger partial charge in [-0.05, 0) is 204 Å². The number of hydrogen-bond donors (Lipinski definition) is 0. The Kier molecular flexibility index (Phi) is 14.9. The van der Waals surface area contributed by atoms with E-state index in [1.807, 2.05) is 0 Å². The van der Waals surface area contributed by atoms with Gasteiger partial charge in [-0.15, -0.1) is 11.3 Å². The highest BCUT2D eigenvalue weighted by Crippen LogP contribution is 2.48. The fraction of sp³-hybridized carbons (Fsp3) is 0. The summed E-state index contributed by atoms with van der Waals surface area (Å²) in [4.78, 5) is 23.6. The van der Waals surface area contributed by atoms with Crippen LogP contribution in [-0.4, -0.2) is 38.2 Å². The molecule has 27 rings (SSSR count). The molecule has 0 amide bonds. The summed E-state index contributed by atoms with van der Waals surface area (Å²) >= 11 is 1.71. The highest BCUT2D eigenvalue weighted by atomic mass is 32.1. The predicted molar refractivity (Wildman–Crippen MR) is 511 cm³/mol. The molecule has 0 unspecified atom stereocenters. The summed E-state index contributed by atoms with van der Waals surface area (Å²) in [5.41, 5.74) is 22.3. The Labute approximate surface area is 701 Å². The standard InChI is InChI=1S/C58H34N4O.C54H32N4S/c1-2-17-43(18-3-1)61-49-21-11-10-20-45(49)46-33-42(25-27-50(46)61)55-57(60-58-56(59-55)48-32-41(26-29-53(48)63-58)40-23-22-35-12-4-5-14-37(35)30-40)62-51-28-24-36-13-8-9-19-44(36)54(51)47-31-38-15-6-7-16-39(38)34-52(47)62;1-3-13-33(14-4-1)37-25-28-49-44(30-37)52-54(59-49)56-53(51(55-52)38-24-26-46-42(31-38)41-21-11-12-22-45(41)57(46)39-18-5-2-6-19-39)58-47-27-23-34-15-9-10-20-40(34)50(47)43-29-35-16-7-8-17-36(35)32-48(43)58/h1-34H;1-32H. The van der Waals surface area contributed by atoms with E-state index in [0.717, 1.165) is 132 Å². The number of para-hydroxylation sites is 4. The second kappa shape index (κ2) is 26.7. The van der Waals surface area contributed by atoms with Gasteiger partial charge >= 0.3 is 0 Å². The van der Waals surface area contributed by atoms with Crippen molar-refractivity contribution in [2.45, 2.75) is 0 Å². The summed E-state index contributed by atoms with van der Waals surface area (Å²) in [6, 6.07) is 144. The first-order valence-corrected chi connectivity index (χ1v) is 42.2. The molecule has 27 aromatic rings. The summed E-state index contributed by atoms with van der Waals surface area (Å²) in [6.45, 7) is 0. The molecule has 0 bridgehead atoms. The van der Waals surface area contributed by atoms with Crippen molar-refractivity contribution in [2.24, 2.45) is 0 Å². The first kappa shape index (κ1) is 68.0. The van der Waals surface area contributed by atoms with Crippen LogP contribution in [0.1, 0.15) is 0 Å². The summed E-state index contributed by atoms with van der Waals surface area (Å²) in [5.74, 6) is 1.54. The van der Waals surface area contributed by atoms with E-state index in [9.17, 15) is 0 Å². The summed E-state index contributed by atoms with van der Waals surface area (Å²) in [7, 11) is 0. The minimum atomic E-state index is 0.498. The van der Waals surface area contributed by atoms with Crippen LogP contribution >= 0.6 is 11.3 Å². The lowest BCUT2D eigenvalue weighted by atomic mass is 10.00. The molecule has 0 saturated carbocycles. The molecule has 566 valence electrons. The number of benzene rings is 19. The van der Waals surface area contributed by atoms with Gasteiger partial charge in [0, 0.05) is 81.1 Å². The van der Waals surface area contributed by atoms with Gasteiger partial charge in [0.25, 0.3) is 0 Å². The van der Waals surface area contributed by atoms with Crippen LogP contribution in [0.4, 0.5) is 0 Å². The minimum Gasteiger partial charge on any atom is -0.436 e. The molecule has 10 heteroatoms. The van der Waals surface area contributed by atoms with E-state index in [1.165, 1.54) is 108 Å². The van der Waals surface area contributed by atoms with Crippen molar-refractivity contribution in [3.05, 3.63) is 400 Å². The lowest BCUT2D eigenvalue weighted by Gasteiger charge is -2.14. The van der Waals surface area contributed by atoms with E-state index in [-0.39, 0.29) is 0 Å². The Morgan fingerprint density at radius 3 is 1.17 bits per heavy atom. The van der Waals surface area contributed by atoms with Gasteiger partial charge in [0.05, 0.1) is 44.1 Å². The quantitative estimate of drug-likeness (QED) is 0.151. The molecule has 19 aromatic carbocycles. The monoisotopic (exact) mass is 1570 g/mol. The second-order valence-electron chi connectivity index (χ2n) is 32.0. The van der Waals surface area contributed by atoms with Crippen LogP contribution in [0.3, 0.4) is 0 Å². The van der Waals surface area contributed by atoms with E-state index in [1.54, 1.807) is 11.3 Å². The Balaban J connectivity index is 0.000000131. The number of furan rings is 1. The first-order chi connectivity index (χ1) is 60.5. The maximum absolute atomic E-state index is 6.70. The Hall–Kier alpha value is -16.1. The van der Waals surface area contributed by atoms with Crippen molar-refractivity contribution < 1.29 is 4.42 Å². The van der Waals surface area contributed by atoms with Crippen LogP contribution in [-0.2, 0) is 0 Å². The molecule has 0 saturated heterocycles. The second-order valence-corrected chi connectivity index (χ2v) is 33.0. The molecule has 0 N–H and O–H groups in total. The van der Waals surface area contributed by atoms with Crippen molar-refractivity contribution in [1.82, 2.24) is 38.2 Å². The third kappa shape index (κ3) is 10.5. The van der Waals surface area contributed by atoms with Crippen LogP contribution in [0.15, 0.2) is 405 Å². The van der Waals surface area contributed by atoms with Crippen LogP contribution in [0.2, 0.25) is 0 Å². The van der Waals surface area contributed by atoms with Crippen LogP contribution in [0.5, 0.6) is 0 Å². The van der Waals surface area contributed by atoms with Crippen molar-refractivity contribution in [1.29, 1.82) is 0 Å². The number of thiophene rings is 1. The molecule has 0 spiro atoms. The minimum absolute atomic E-state index is 0.498. The number of fused-ring (bicyclic) bond motifs is 25. The summed E-state index contributed by atoms with van der Waals surface area (Å²) in [6.07, 6.45) is 0. The van der Waals surface area contributed by atoms with Crippen molar-refractivity contribution in [3.8, 4) is 67.8 Å². The third-order valence-electron chi connectivity index (χ3n) is 25.2. The van der Waals surface area contributed by atoms with E-state index in [0.29, 0.717) is 11.5 Å². The van der Waals surface area contributed by atoms with Crippen LogP contribution in [0.25, 0.3) is 251 Å². The van der Waals surface area contributed by atoms with Gasteiger partial charge in [-0.2, -0.15) is 4.98 Å². The lowest BCUT2D eigenvalue weighted by Crippen LogP contribution is -2.03. The summed E-state index contributed by atoms with van der Waals surface area (Å²) < 4.78 is 17.3. The number of hydrogen-bond acceptors (Lipinski definition) is 6. The molecule has 0 fully saturated rings. The molecule has 0 radical (unpaired) electrons. The zero-order chi connectivity index (χ0) is 79.8. The van der Waals surface area contributed by atoms with Crippen molar-refractivity contribution in [3.63, 3.8) is 0 Å². The van der Waals surface area contributed by atoms with Crippen molar-refractivity contribution in [2.75, 3.05) is 0 Å². The van der Waals surface area contributed by atoms with Crippen LogP contribution < -0.4 is 0 Å². The molecular weight excluding hydrogens is 1510 g/mol. The fourth-order valence-corrected chi connectivity index (χ4v) is 20.5. The lowest BCUT2D eigenvalue weighted by molar-refractivity contribution is 0.652. The smallest absolute Gasteiger partial charge is 0.248 e. The molecule has 8 heterocycles. The van der Waals surface area contributed by atoms with E-state index < -0.39 is 0 Å². The van der Waals surface area contributed by atoms with Crippen molar-refractivity contribution >= 4 is 195 Å². The molecule has 0 aliphatic carbocycles. The molecule has 0 aliphatic rings. The maximum Gasteiger partial charge on any atom is 0.248 e. The van der Waals surface area contributed by atoms with Crippen LogP contribution in [0, 0.1) is 0 Å². The van der Waals surface area contributed by atoms with Gasteiger partial charge in [0.1, 0.15) is 32.8 Å². The summed E-state index contributed by atoms with van der Waals surface area (Å²) in [5, 5.41) is 23.5. The molecule has 8 aromatic heterocycles. The number of aromatic nitrogens is 8. The predicted octanol–water partition coefficient (Wildman–Crippen LogP) is 30.0. The average molecular weight is 1570 g/mol. The zero-order valence-electron chi connectivity index (χ0n) is 65.5. The first-order valence-electron chi connectivity index (χ1n) is 41.4. The molecule has 0 aliphatic heterocycles. The largest absolute Gasteiger partial charge is 0.436 e. The topological polar surface area (TPSA) is 84.4 Å². The van der Waals surface area contributed by atoms with Gasteiger partial charge in [0.2, 0.25) is 5.71 Å². The Morgan fingerprint density at radius 1 is 0.213 bits per heavy atom.